The molecule has 0 saturated carbocycles. The average Bonchev–Trinajstić information content (AvgIpc) is 2.58. The lowest BCUT2D eigenvalue weighted by atomic mass is 9.90. The van der Waals surface area contributed by atoms with Gasteiger partial charge < -0.3 is 0 Å². The first-order chi connectivity index (χ1) is 11.8. The lowest BCUT2D eigenvalue weighted by molar-refractivity contribution is -0.384. The molecule has 0 atom stereocenters. The number of hydrogen-bond donors (Lipinski definition) is 2. The summed E-state index contributed by atoms with van der Waals surface area (Å²) in [5, 5.41) is 20.5. The molecule has 25 heavy (non-hydrogen) atoms. The number of fused-ring (bicyclic) bond motifs is 1. The highest BCUT2D eigenvalue weighted by atomic mass is 32.2. The van der Waals surface area contributed by atoms with Gasteiger partial charge in [-0.1, -0.05) is 24.3 Å². The molecular formula is C16H16N4O4S. The third-order valence-electron chi connectivity index (χ3n) is 4.02. The third-order valence-corrected chi connectivity index (χ3v) is 4.94. The normalized spacial score (nSPS) is 15.6. The maximum absolute atomic E-state index is 11.3. The highest BCUT2D eigenvalue weighted by Crippen LogP contribution is 2.27. The summed E-state index contributed by atoms with van der Waals surface area (Å²) < 4.78 is 22.7. The molecule has 2 aromatic carbocycles. The first kappa shape index (κ1) is 17.1. The molecule has 0 spiro atoms. The lowest BCUT2D eigenvalue weighted by Crippen LogP contribution is -2.15. The number of sulfonamides is 1. The molecule has 0 unspecified atom stereocenters. The van der Waals surface area contributed by atoms with Gasteiger partial charge in [-0.3, -0.25) is 15.5 Å². The van der Waals surface area contributed by atoms with Gasteiger partial charge in [-0.15, -0.1) is 0 Å². The molecule has 130 valence electrons. The van der Waals surface area contributed by atoms with Crippen LogP contribution in [0.3, 0.4) is 0 Å². The first-order valence-corrected chi connectivity index (χ1v) is 9.09. The maximum atomic E-state index is 11.3. The van der Waals surface area contributed by atoms with Crippen LogP contribution in [0.2, 0.25) is 0 Å². The summed E-state index contributed by atoms with van der Waals surface area (Å²) >= 11 is 0. The molecule has 0 radical (unpaired) electrons. The summed E-state index contributed by atoms with van der Waals surface area (Å²) in [6.45, 7) is 0. The Labute approximate surface area is 144 Å². The van der Waals surface area contributed by atoms with Crippen molar-refractivity contribution in [3.8, 4) is 0 Å². The van der Waals surface area contributed by atoms with E-state index in [1.807, 2.05) is 18.2 Å². The summed E-state index contributed by atoms with van der Waals surface area (Å²) in [6.07, 6.45) is 2.29. The fourth-order valence-electron chi connectivity index (χ4n) is 2.73. The van der Waals surface area contributed by atoms with Crippen molar-refractivity contribution >= 4 is 27.1 Å². The molecule has 0 amide bonds. The number of anilines is 1. The molecule has 0 aliphatic heterocycles. The van der Waals surface area contributed by atoms with Gasteiger partial charge in [0.1, 0.15) is 5.69 Å². The monoisotopic (exact) mass is 360 g/mol. The van der Waals surface area contributed by atoms with E-state index in [2.05, 4.69) is 16.6 Å². The summed E-state index contributed by atoms with van der Waals surface area (Å²) in [7, 11) is -4.01. The average molecular weight is 360 g/mol. The molecule has 2 aromatic rings. The Morgan fingerprint density at radius 2 is 1.84 bits per heavy atom. The molecule has 3 rings (SSSR count). The zero-order valence-electron chi connectivity index (χ0n) is 13.2. The van der Waals surface area contributed by atoms with Crippen molar-refractivity contribution in [2.75, 3.05) is 5.43 Å². The number of nitrogens with one attached hydrogen (secondary N) is 1. The maximum Gasteiger partial charge on any atom is 0.295 e. The molecule has 0 heterocycles. The molecule has 8 nitrogen and oxygen atoms in total. The lowest BCUT2D eigenvalue weighted by Gasteiger charge is -2.17. The molecular weight excluding hydrogens is 344 g/mol. The van der Waals surface area contributed by atoms with Gasteiger partial charge in [0.2, 0.25) is 10.0 Å². The molecule has 0 bridgehead atoms. The van der Waals surface area contributed by atoms with Gasteiger partial charge in [-0.25, -0.2) is 13.6 Å². The van der Waals surface area contributed by atoms with E-state index in [0.717, 1.165) is 24.6 Å². The zero-order chi connectivity index (χ0) is 18.0. The second-order valence-corrected chi connectivity index (χ2v) is 7.28. The molecule has 1 aliphatic carbocycles. The Hall–Kier alpha value is -2.78. The number of hydrazone groups is 1. The van der Waals surface area contributed by atoms with Crippen LogP contribution in [0.4, 0.5) is 11.4 Å². The predicted octanol–water partition coefficient (Wildman–Crippen LogP) is 2.20. The van der Waals surface area contributed by atoms with Crippen molar-refractivity contribution in [1.82, 2.24) is 0 Å². The van der Waals surface area contributed by atoms with Crippen molar-refractivity contribution in [3.63, 3.8) is 0 Å². The van der Waals surface area contributed by atoms with Gasteiger partial charge in [0, 0.05) is 18.2 Å². The number of hydrogen-bond acceptors (Lipinski definition) is 6. The van der Waals surface area contributed by atoms with Gasteiger partial charge in [0.05, 0.1) is 9.82 Å². The minimum atomic E-state index is -4.01. The van der Waals surface area contributed by atoms with Crippen LogP contribution in [0.1, 0.15) is 17.5 Å². The van der Waals surface area contributed by atoms with E-state index in [1.54, 1.807) is 0 Å². The van der Waals surface area contributed by atoms with Crippen LogP contribution in [0.25, 0.3) is 0 Å². The Bertz CT molecular complexity index is 970. The number of aryl methyl sites for hydroxylation is 1. The van der Waals surface area contributed by atoms with Gasteiger partial charge in [0.25, 0.3) is 5.69 Å². The summed E-state index contributed by atoms with van der Waals surface area (Å²) in [5.41, 5.74) is 5.75. The number of primary sulfonamides is 1. The van der Waals surface area contributed by atoms with Crippen LogP contribution in [-0.2, 0) is 22.9 Å². The van der Waals surface area contributed by atoms with Crippen molar-refractivity contribution in [2.45, 2.75) is 24.2 Å². The minimum absolute atomic E-state index is 0.115. The quantitative estimate of drug-likeness (QED) is 0.638. The molecule has 0 aromatic heterocycles. The number of rotatable bonds is 4. The minimum Gasteiger partial charge on any atom is -0.272 e. The van der Waals surface area contributed by atoms with Crippen molar-refractivity contribution in [3.05, 3.63) is 63.7 Å². The smallest absolute Gasteiger partial charge is 0.272 e. The second kappa shape index (κ2) is 6.61. The van der Waals surface area contributed by atoms with Crippen LogP contribution < -0.4 is 10.6 Å². The van der Waals surface area contributed by atoms with Crippen LogP contribution in [0.5, 0.6) is 0 Å². The Morgan fingerprint density at radius 3 is 2.52 bits per heavy atom. The van der Waals surface area contributed by atoms with Crippen LogP contribution >= 0.6 is 0 Å². The number of nitro benzene ring substituents is 1. The van der Waals surface area contributed by atoms with E-state index in [4.69, 9.17) is 5.14 Å². The summed E-state index contributed by atoms with van der Waals surface area (Å²) in [6, 6.07) is 11.5. The van der Waals surface area contributed by atoms with E-state index in [-0.39, 0.29) is 10.6 Å². The zero-order valence-corrected chi connectivity index (χ0v) is 14.0. The summed E-state index contributed by atoms with van der Waals surface area (Å²) in [4.78, 5) is 10.2. The van der Waals surface area contributed by atoms with Crippen molar-refractivity contribution in [1.29, 1.82) is 0 Å². The van der Waals surface area contributed by atoms with Gasteiger partial charge in [-0.2, -0.15) is 5.10 Å². The van der Waals surface area contributed by atoms with Crippen molar-refractivity contribution in [2.24, 2.45) is 10.2 Å². The van der Waals surface area contributed by atoms with Crippen molar-refractivity contribution < 1.29 is 13.3 Å². The topological polar surface area (TPSA) is 128 Å². The predicted molar refractivity (Wildman–Crippen MR) is 94.0 cm³/mol. The highest BCUT2D eigenvalue weighted by molar-refractivity contribution is 7.89. The number of benzene rings is 2. The largest absolute Gasteiger partial charge is 0.295 e. The number of nitrogens with zero attached hydrogens (tertiary/aromatic N) is 2. The molecule has 0 saturated heterocycles. The molecule has 1 aliphatic rings. The SMILES string of the molecule is NS(=O)(=O)c1ccc(N/N=C2\CCc3ccccc3C2)c([N+](=O)[O-])c1. The standard InChI is InChI=1S/C16H16N4O4S/c17-25(23,24)14-7-8-15(16(10-14)20(21)22)19-18-13-6-5-11-3-1-2-4-12(11)9-13/h1-4,7-8,10,19H,5-6,9H2,(H2,17,23,24)/b18-13+. The Balaban J connectivity index is 1.85. The molecule has 0 fully saturated rings. The van der Waals surface area contributed by atoms with Gasteiger partial charge in [0.15, 0.2) is 0 Å². The summed E-state index contributed by atoms with van der Waals surface area (Å²) in [5.74, 6) is 0. The van der Waals surface area contributed by atoms with E-state index >= 15 is 0 Å². The fraction of sp³-hybridized carbons (Fsp3) is 0.188. The third kappa shape index (κ3) is 3.83. The van der Waals surface area contributed by atoms with E-state index in [0.29, 0.717) is 6.42 Å². The Kier molecular flexibility index (Phi) is 4.51. The van der Waals surface area contributed by atoms with Crippen LogP contribution in [0, 0.1) is 10.1 Å². The number of nitrogens with two attached hydrogens (primary N) is 1. The first-order valence-electron chi connectivity index (χ1n) is 7.54. The van der Waals surface area contributed by atoms with E-state index in [9.17, 15) is 18.5 Å². The fourth-order valence-corrected chi connectivity index (χ4v) is 3.26. The van der Waals surface area contributed by atoms with Crippen LogP contribution in [-0.4, -0.2) is 19.1 Å². The van der Waals surface area contributed by atoms with E-state index in [1.165, 1.54) is 23.3 Å². The van der Waals surface area contributed by atoms with Gasteiger partial charge >= 0.3 is 0 Å². The highest BCUT2D eigenvalue weighted by Gasteiger charge is 2.19. The Morgan fingerprint density at radius 1 is 1.12 bits per heavy atom. The molecule has 9 heteroatoms. The van der Waals surface area contributed by atoms with Crippen LogP contribution in [0.15, 0.2) is 52.5 Å². The number of nitro groups is 1. The van der Waals surface area contributed by atoms with Gasteiger partial charge in [-0.05, 0) is 36.1 Å². The van der Waals surface area contributed by atoms with E-state index < -0.39 is 20.6 Å². The second-order valence-electron chi connectivity index (χ2n) is 5.72. The molecule has 3 N–H and O–H groups in total.